The molecule has 1 atom stereocenters. The molecule has 3 rings (SSSR count). The normalized spacial score (nSPS) is 18.3. The molecule has 1 fully saturated rings. The van der Waals surface area contributed by atoms with Crippen LogP contribution in [0.5, 0.6) is 0 Å². The van der Waals surface area contributed by atoms with Crippen molar-refractivity contribution in [1.29, 1.82) is 0 Å². The van der Waals surface area contributed by atoms with Crippen molar-refractivity contribution in [2.45, 2.75) is 38.6 Å². The number of anilines is 3. The minimum atomic E-state index is 0.590. The van der Waals surface area contributed by atoms with Crippen molar-refractivity contribution in [3.63, 3.8) is 0 Å². The highest BCUT2D eigenvalue weighted by Crippen LogP contribution is 2.26. The minimum Gasteiger partial charge on any atom is -0.353 e. The van der Waals surface area contributed by atoms with Gasteiger partial charge in [-0.05, 0) is 56.0 Å². The predicted molar refractivity (Wildman–Crippen MR) is 92.0 cm³/mol. The molecule has 0 bridgehead atoms. The van der Waals surface area contributed by atoms with Gasteiger partial charge in [-0.2, -0.15) is 4.98 Å². The smallest absolute Gasteiger partial charge is 0.229 e. The van der Waals surface area contributed by atoms with E-state index in [1.54, 1.807) is 0 Å². The molecule has 1 aliphatic rings. The average Bonchev–Trinajstić information content (AvgIpc) is 2.57. The lowest BCUT2D eigenvalue weighted by Gasteiger charge is -2.36. The fourth-order valence-corrected chi connectivity index (χ4v) is 3.08. The lowest BCUT2D eigenvalue weighted by Crippen LogP contribution is -2.39. The second-order valence-corrected chi connectivity index (χ2v) is 6.06. The van der Waals surface area contributed by atoms with E-state index in [2.05, 4.69) is 27.1 Å². The van der Waals surface area contributed by atoms with Crippen molar-refractivity contribution in [3.05, 3.63) is 41.6 Å². The molecule has 0 aliphatic carbocycles. The van der Waals surface area contributed by atoms with Gasteiger partial charge < -0.3 is 10.2 Å². The summed E-state index contributed by atoms with van der Waals surface area (Å²) < 4.78 is 0. The van der Waals surface area contributed by atoms with Gasteiger partial charge in [-0.1, -0.05) is 18.5 Å². The molecule has 0 spiro atoms. The van der Waals surface area contributed by atoms with Crippen molar-refractivity contribution >= 4 is 29.1 Å². The van der Waals surface area contributed by atoms with Crippen LogP contribution >= 0.6 is 11.6 Å². The predicted octanol–water partition coefficient (Wildman–Crippen LogP) is 4.64. The fourth-order valence-electron chi connectivity index (χ4n) is 2.96. The molecule has 2 aromatic rings. The third-order valence-electron chi connectivity index (χ3n) is 4.13. The number of aromatic nitrogens is 2. The molecule has 116 valence electrons. The van der Waals surface area contributed by atoms with Gasteiger partial charge in [0.2, 0.25) is 5.95 Å². The molecule has 1 aliphatic heterocycles. The highest BCUT2D eigenvalue weighted by Gasteiger charge is 2.22. The second kappa shape index (κ2) is 6.97. The van der Waals surface area contributed by atoms with Crippen molar-refractivity contribution in [3.8, 4) is 0 Å². The number of benzene rings is 1. The van der Waals surface area contributed by atoms with Crippen LogP contribution in [0.4, 0.5) is 17.5 Å². The summed E-state index contributed by atoms with van der Waals surface area (Å²) in [5, 5.41) is 3.96. The van der Waals surface area contributed by atoms with Gasteiger partial charge in [0.15, 0.2) is 0 Å². The van der Waals surface area contributed by atoms with Gasteiger partial charge in [0.1, 0.15) is 5.82 Å². The van der Waals surface area contributed by atoms with Crippen molar-refractivity contribution in [1.82, 2.24) is 9.97 Å². The van der Waals surface area contributed by atoms with E-state index in [-0.39, 0.29) is 0 Å². The molecule has 4 nitrogen and oxygen atoms in total. The summed E-state index contributed by atoms with van der Waals surface area (Å²) >= 11 is 5.91. The number of halogens is 1. The topological polar surface area (TPSA) is 41.1 Å². The summed E-state index contributed by atoms with van der Waals surface area (Å²) in [5.41, 5.74) is 0.937. The Kier molecular flexibility index (Phi) is 4.78. The summed E-state index contributed by atoms with van der Waals surface area (Å²) in [7, 11) is 0. The Hall–Kier alpha value is -1.81. The summed E-state index contributed by atoms with van der Waals surface area (Å²) in [6.07, 6.45) is 6.78. The molecular formula is C17H21ClN4. The molecule has 0 saturated carbocycles. The number of rotatable bonds is 4. The largest absolute Gasteiger partial charge is 0.353 e. The number of hydrogen-bond acceptors (Lipinski definition) is 4. The first-order valence-electron chi connectivity index (χ1n) is 7.88. The van der Waals surface area contributed by atoms with Crippen LogP contribution in [0, 0.1) is 0 Å². The Bertz CT molecular complexity index is 614. The first-order chi connectivity index (χ1) is 10.8. The first kappa shape index (κ1) is 15.1. The van der Waals surface area contributed by atoms with Crippen LogP contribution in [-0.2, 0) is 0 Å². The van der Waals surface area contributed by atoms with E-state index >= 15 is 0 Å². The van der Waals surface area contributed by atoms with Crippen LogP contribution in [-0.4, -0.2) is 22.6 Å². The summed E-state index contributed by atoms with van der Waals surface area (Å²) in [5.74, 6) is 1.64. The Balaban J connectivity index is 1.78. The van der Waals surface area contributed by atoms with E-state index in [9.17, 15) is 0 Å². The van der Waals surface area contributed by atoms with E-state index < -0.39 is 0 Å². The number of nitrogens with one attached hydrogen (secondary N) is 1. The second-order valence-electron chi connectivity index (χ2n) is 5.62. The zero-order chi connectivity index (χ0) is 15.4. The molecule has 2 heterocycles. The monoisotopic (exact) mass is 316 g/mol. The molecule has 0 amide bonds. The van der Waals surface area contributed by atoms with Gasteiger partial charge in [-0.25, -0.2) is 4.98 Å². The maximum absolute atomic E-state index is 5.91. The van der Waals surface area contributed by atoms with Gasteiger partial charge in [-0.15, -0.1) is 0 Å². The van der Waals surface area contributed by atoms with Crippen LogP contribution in [0.3, 0.4) is 0 Å². The van der Waals surface area contributed by atoms with Crippen LogP contribution in [0.15, 0.2) is 36.5 Å². The van der Waals surface area contributed by atoms with E-state index in [1.807, 2.05) is 36.5 Å². The summed E-state index contributed by atoms with van der Waals surface area (Å²) in [6, 6.07) is 10.1. The SMILES string of the molecule is CCC1CCCCN1c1ccnc(Nc2ccc(Cl)cc2)n1. The lowest BCUT2D eigenvalue weighted by atomic mass is 10.0. The molecule has 5 heteroatoms. The minimum absolute atomic E-state index is 0.590. The quantitative estimate of drug-likeness (QED) is 0.892. The Morgan fingerprint density at radius 2 is 2.05 bits per heavy atom. The third kappa shape index (κ3) is 3.50. The molecule has 1 aromatic heterocycles. The molecule has 1 N–H and O–H groups in total. The molecular weight excluding hydrogens is 296 g/mol. The summed E-state index contributed by atoms with van der Waals surface area (Å²) in [6.45, 7) is 3.33. The number of piperidine rings is 1. The van der Waals surface area contributed by atoms with E-state index in [1.165, 1.54) is 19.3 Å². The Morgan fingerprint density at radius 1 is 1.23 bits per heavy atom. The van der Waals surface area contributed by atoms with Crippen LogP contribution in [0.25, 0.3) is 0 Å². The van der Waals surface area contributed by atoms with Crippen LogP contribution in [0.1, 0.15) is 32.6 Å². The highest BCUT2D eigenvalue weighted by molar-refractivity contribution is 6.30. The van der Waals surface area contributed by atoms with Crippen molar-refractivity contribution < 1.29 is 0 Å². The molecule has 1 aromatic carbocycles. The van der Waals surface area contributed by atoms with Gasteiger partial charge in [0.05, 0.1) is 0 Å². The Morgan fingerprint density at radius 3 is 2.82 bits per heavy atom. The highest BCUT2D eigenvalue weighted by atomic mass is 35.5. The maximum atomic E-state index is 5.91. The van der Waals surface area contributed by atoms with Crippen LogP contribution < -0.4 is 10.2 Å². The molecule has 0 radical (unpaired) electrons. The Labute approximate surface area is 136 Å². The van der Waals surface area contributed by atoms with Crippen LogP contribution in [0.2, 0.25) is 5.02 Å². The van der Waals surface area contributed by atoms with Gasteiger partial charge in [-0.3, -0.25) is 0 Å². The fraction of sp³-hybridized carbons (Fsp3) is 0.412. The average molecular weight is 317 g/mol. The standard InChI is InChI=1S/C17H21ClN4/c1-2-15-5-3-4-12-22(15)16-10-11-19-17(21-16)20-14-8-6-13(18)7-9-14/h6-11,15H,2-5,12H2,1H3,(H,19,20,21). The molecule has 1 unspecified atom stereocenters. The van der Waals surface area contributed by atoms with Gasteiger partial charge in [0, 0.05) is 29.5 Å². The third-order valence-corrected chi connectivity index (χ3v) is 4.39. The maximum Gasteiger partial charge on any atom is 0.229 e. The zero-order valence-corrected chi connectivity index (χ0v) is 13.6. The summed E-state index contributed by atoms with van der Waals surface area (Å²) in [4.78, 5) is 11.4. The molecule has 1 saturated heterocycles. The van der Waals surface area contributed by atoms with E-state index in [0.29, 0.717) is 12.0 Å². The zero-order valence-electron chi connectivity index (χ0n) is 12.8. The number of hydrogen-bond donors (Lipinski definition) is 1. The van der Waals surface area contributed by atoms with Crippen molar-refractivity contribution in [2.24, 2.45) is 0 Å². The lowest BCUT2D eigenvalue weighted by molar-refractivity contribution is 0.447. The van der Waals surface area contributed by atoms with Crippen molar-refractivity contribution in [2.75, 3.05) is 16.8 Å². The van der Waals surface area contributed by atoms with E-state index in [4.69, 9.17) is 11.6 Å². The van der Waals surface area contributed by atoms with E-state index in [0.717, 1.165) is 29.5 Å². The number of nitrogens with zero attached hydrogens (tertiary/aromatic N) is 3. The first-order valence-corrected chi connectivity index (χ1v) is 8.26. The molecule has 22 heavy (non-hydrogen) atoms. The van der Waals surface area contributed by atoms with Gasteiger partial charge in [0.25, 0.3) is 0 Å². The van der Waals surface area contributed by atoms with Gasteiger partial charge >= 0.3 is 0 Å².